The summed E-state index contributed by atoms with van der Waals surface area (Å²) in [7, 11) is 0. The van der Waals surface area contributed by atoms with Gasteiger partial charge >= 0.3 is 0 Å². The molecule has 11 aromatic rings. The van der Waals surface area contributed by atoms with E-state index < -0.39 is 0 Å². The van der Waals surface area contributed by atoms with Gasteiger partial charge in [0.15, 0.2) is 0 Å². The van der Waals surface area contributed by atoms with Gasteiger partial charge in [-0.3, -0.25) is 0 Å². The molecule has 0 aliphatic carbocycles. The average molecular weight is 693 g/mol. The summed E-state index contributed by atoms with van der Waals surface area (Å²) in [6.07, 6.45) is 0. The van der Waals surface area contributed by atoms with Crippen LogP contribution in [0, 0.1) is 6.92 Å². The molecule has 2 aromatic heterocycles. The van der Waals surface area contributed by atoms with Crippen LogP contribution in [-0.4, -0.2) is 0 Å². The molecular formula is C51H32OS. The Bertz CT molecular complexity index is 3120. The van der Waals surface area contributed by atoms with E-state index in [1.807, 2.05) is 0 Å². The van der Waals surface area contributed by atoms with Crippen LogP contribution in [0.4, 0.5) is 0 Å². The van der Waals surface area contributed by atoms with Gasteiger partial charge in [-0.05, 0) is 135 Å². The molecule has 0 N–H and O–H groups in total. The molecule has 0 fully saturated rings. The molecule has 0 aliphatic heterocycles. The molecule has 0 spiro atoms. The second-order valence-electron chi connectivity index (χ2n) is 14.0. The molecule has 2 heterocycles. The quantitative estimate of drug-likeness (QED) is 0.167. The zero-order valence-electron chi connectivity index (χ0n) is 29.1. The Morgan fingerprint density at radius 2 is 0.792 bits per heavy atom. The Morgan fingerprint density at radius 1 is 0.340 bits per heavy atom. The van der Waals surface area contributed by atoms with Crippen LogP contribution in [0.25, 0.3) is 110 Å². The maximum Gasteiger partial charge on any atom is 0.136 e. The van der Waals surface area contributed by atoms with Crippen molar-refractivity contribution < 1.29 is 4.42 Å². The summed E-state index contributed by atoms with van der Waals surface area (Å²) in [6, 6.07) is 59.7. The van der Waals surface area contributed by atoms with Crippen molar-refractivity contribution >= 4 is 76.4 Å². The van der Waals surface area contributed by atoms with Crippen LogP contribution >= 0.6 is 11.3 Å². The van der Waals surface area contributed by atoms with Gasteiger partial charge in [0.2, 0.25) is 0 Å². The molecule has 0 saturated heterocycles. The lowest BCUT2D eigenvalue weighted by Gasteiger charge is -2.17. The summed E-state index contributed by atoms with van der Waals surface area (Å²) in [6.45, 7) is 2.22. The number of fused-ring (bicyclic) bond motifs is 7. The number of hydrogen-bond acceptors (Lipinski definition) is 2. The van der Waals surface area contributed by atoms with Gasteiger partial charge in [0, 0.05) is 10.8 Å². The van der Waals surface area contributed by atoms with E-state index in [0.717, 1.165) is 27.5 Å². The molecular weight excluding hydrogens is 661 g/mol. The second kappa shape index (κ2) is 11.8. The molecule has 0 aliphatic rings. The van der Waals surface area contributed by atoms with E-state index in [-0.39, 0.29) is 0 Å². The first-order valence-corrected chi connectivity index (χ1v) is 19.1. The molecule has 0 unspecified atom stereocenters. The van der Waals surface area contributed by atoms with Gasteiger partial charge in [-0.25, -0.2) is 0 Å². The van der Waals surface area contributed by atoms with Crippen LogP contribution in [0.2, 0.25) is 0 Å². The van der Waals surface area contributed by atoms with Crippen molar-refractivity contribution in [3.05, 3.63) is 180 Å². The predicted octanol–water partition coefficient (Wildman–Crippen LogP) is 15.2. The SMILES string of the molecule is Cc1cscc1-c1c2ccccc2c(-c2ccc3oc4cc(-c5c6ccccc6c(-c6ccccc6)c6ccccc56)ccc4c3c2)c2ccccc12. The van der Waals surface area contributed by atoms with E-state index >= 15 is 0 Å². The molecule has 0 atom stereocenters. The highest BCUT2D eigenvalue weighted by Gasteiger charge is 2.20. The zero-order valence-corrected chi connectivity index (χ0v) is 29.9. The van der Waals surface area contributed by atoms with Crippen molar-refractivity contribution in [1.82, 2.24) is 0 Å². The van der Waals surface area contributed by atoms with Gasteiger partial charge in [-0.2, -0.15) is 11.3 Å². The molecule has 0 saturated carbocycles. The molecule has 9 aromatic carbocycles. The lowest BCUT2D eigenvalue weighted by Crippen LogP contribution is -1.91. The van der Waals surface area contributed by atoms with Gasteiger partial charge in [0.25, 0.3) is 0 Å². The van der Waals surface area contributed by atoms with Gasteiger partial charge in [-0.15, -0.1) is 0 Å². The van der Waals surface area contributed by atoms with Crippen molar-refractivity contribution in [3.63, 3.8) is 0 Å². The minimum absolute atomic E-state index is 0.896. The Labute approximate surface area is 311 Å². The minimum Gasteiger partial charge on any atom is -0.456 e. The van der Waals surface area contributed by atoms with E-state index in [4.69, 9.17) is 4.42 Å². The molecule has 11 rings (SSSR count). The molecule has 2 heteroatoms. The monoisotopic (exact) mass is 692 g/mol. The number of furan rings is 1. The fraction of sp³-hybridized carbons (Fsp3) is 0.0196. The van der Waals surface area contributed by atoms with Crippen LogP contribution in [0.5, 0.6) is 0 Å². The number of thiophene rings is 1. The smallest absolute Gasteiger partial charge is 0.136 e. The fourth-order valence-electron chi connectivity index (χ4n) is 8.79. The molecule has 0 radical (unpaired) electrons. The lowest BCUT2D eigenvalue weighted by atomic mass is 9.85. The molecule has 0 amide bonds. The molecule has 0 bridgehead atoms. The van der Waals surface area contributed by atoms with Crippen LogP contribution in [0.1, 0.15) is 5.56 Å². The number of rotatable bonds is 4. The fourth-order valence-corrected chi connectivity index (χ4v) is 9.63. The van der Waals surface area contributed by atoms with Crippen LogP contribution in [-0.2, 0) is 0 Å². The Balaban J connectivity index is 1.13. The standard InChI is InChI=1S/C51H32OS/c1-31-29-53-30-45(31)51-42-21-11-9-19-40(42)49(41-20-10-12-22-43(41)51)33-24-26-46-44(27-33)35-25-23-34(28-47(35)52-46)50-38-17-7-5-15-36(38)48(32-13-3-2-4-14-32)37-16-6-8-18-39(37)50/h2-30H,1H3. The lowest BCUT2D eigenvalue weighted by molar-refractivity contribution is 0.669. The topological polar surface area (TPSA) is 13.1 Å². The Hall–Kier alpha value is -6.48. The van der Waals surface area contributed by atoms with E-state index in [2.05, 4.69) is 181 Å². The molecule has 1 nitrogen and oxygen atoms in total. The zero-order chi connectivity index (χ0) is 35.0. The number of benzene rings is 9. The number of hydrogen-bond donors (Lipinski definition) is 0. The highest BCUT2D eigenvalue weighted by Crippen LogP contribution is 2.47. The number of aryl methyl sites for hydroxylation is 1. The van der Waals surface area contributed by atoms with Gasteiger partial charge in [0.1, 0.15) is 11.2 Å². The minimum atomic E-state index is 0.896. The van der Waals surface area contributed by atoms with E-state index in [0.29, 0.717) is 0 Å². The highest BCUT2D eigenvalue weighted by molar-refractivity contribution is 7.08. The first-order valence-electron chi connectivity index (χ1n) is 18.2. The first kappa shape index (κ1) is 30.2. The van der Waals surface area contributed by atoms with Crippen molar-refractivity contribution in [2.75, 3.05) is 0 Å². The first-order chi connectivity index (χ1) is 26.2. The van der Waals surface area contributed by atoms with Crippen LogP contribution in [0.3, 0.4) is 0 Å². The second-order valence-corrected chi connectivity index (χ2v) is 14.8. The average Bonchev–Trinajstić information content (AvgIpc) is 3.81. The third-order valence-electron chi connectivity index (χ3n) is 11.1. The summed E-state index contributed by atoms with van der Waals surface area (Å²) in [5, 5.41) is 16.9. The van der Waals surface area contributed by atoms with E-state index in [1.54, 1.807) is 11.3 Å². The summed E-state index contributed by atoms with van der Waals surface area (Å²) < 4.78 is 6.68. The van der Waals surface area contributed by atoms with Gasteiger partial charge in [0.05, 0.1) is 0 Å². The van der Waals surface area contributed by atoms with E-state index in [9.17, 15) is 0 Å². The van der Waals surface area contributed by atoms with Crippen molar-refractivity contribution in [2.45, 2.75) is 6.92 Å². The summed E-state index contributed by atoms with van der Waals surface area (Å²) in [5.74, 6) is 0. The van der Waals surface area contributed by atoms with E-state index in [1.165, 1.54) is 87.6 Å². The van der Waals surface area contributed by atoms with Gasteiger partial charge in [-0.1, -0.05) is 140 Å². The molecule has 53 heavy (non-hydrogen) atoms. The van der Waals surface area contributed by atoms with Crippen LogP contribution in [0.15, 0.2) is 179 Å². The Kier molecular flexibility index (Phi) is 6.71. The maximum absolute atomic E-state index is 6.68. The summed E-state index contributed by atoms with van der Waals surface area (Å²) in [5.41, 5.74) is 13.1. The summed E-state index contributed by atoms with van der Waals surface area (Å²) in [4.78, 5) is 0. The van der Waals surface area contributed by atoms with Crippen LogP contribution < -0.4 is 0 Å². The van der Waals surface area contributed by atoms with Gasteiger partial charge < -0.3 is 4.42 Å². The third-order valence-corrected chi connectivity index (χ3v) is 12.0. The van der Waals surface area contributed by atoms with Crippen molar-refractivity contribution in [2.24, 2.45) is 0 Å². The Morgan fingerprint density at radius 3 is 1.30 bits per heavy atom. The largest absolute Gasteiger partial charge is 0.456 e. The van der Waals surface area contributed by atoms with Crippen molar-refractivity contribution in [1.29, 1.82) is 0 Å². The highest BCUT2D eigenvalue weighted by atomic mass is 32.1. The third kappa shape index (κ3) is 4.56. The normalized spacial score (nSPS) is 11.9. The summed E-state index contributed by atoms with van der Waals surface area (Å²) >= 11 is 1.77. The van der Waals surface area contributed by atoms with Crippen molar-refractivity contribution in [3.8, 4) is 44.5 Å². The predicted molar refractivity (Wildman–Crippen MR) is 228 cm³/mol. The maximum atomic E-state index is 6.68. The molecule has 248 valence electrons.